The number of hydrogen-bond acceptors (Lipinski definition) is 3. The molecule has 0 aromatic carbocycles. The van der Waals surface area contributed by atoms with Crippen LogP contribution in [0, 0.1) is 0 Å². The monoisotopic (exact) mass is 158 g/mol. The van der Waals surface area contributed by atoms with Crippen molar-refractivity contribution in [3.8, 4) is 0 Å². The van der Waals surface area contributed by atoms with Crippen LogP contribution in [0.1, 0.15) is 6.92 Å². The Morgan fingerprint density at radius 2 is 1.90 bits per heavy atom. The molecule has 0 aliphatic heterocycles. The summed E-state index contributed by atoms with van der Waals surface area (Å²) >= 11 is 0. The van der Waals surface area contributed by atoms with E-state index in [4.69, 9.17) is 5.11 Å². The zero-order valence-corrected chi connectivity index (χ0v) is 7.55. The average molecular weight is 158 g/mol. The third-order valence-electron chi connectivity index (χ3n) is 0.785. The molecule has 0 unspecified atom stereocenters. The number of hydrogen-bond donors (Lipinski definition) is 1. The summed E-state index contributed by atoms with van der Waals surface area (Å²) < 4.78 is 12.1. The third-order valence-corrected chi connectivity index (χ3v) is 0.785. The van der Waals surface area contributed by atoms with Gasteiger partial charge in [0.2, 0.25) is 5.67 Å². The van der Waals surface area contributed by atoms with E-state index in [2.05, 4.69) is 0 Å². The second-order valence-corrected chi connectivity index (χ2v) is 1.60. The Balaban J connectivity index is 0. The molecule has 1 atom stereocenters. The molecule has 0 rings (SSSR count). The van der Waals surface area contributed by atoms with Gasteiger partial charge in [0.05, 0.1) is 5.97 Å². The Morgan fingerprint density at radius 1 is 1.60 bits per heavy atom. The molecule has 0 spiro atoms. The molecule has 0 saturated carbocycles. The maximum Gasteiger partial charge on any atom is 1.00 e. The second kappa shape index (κ2) is 3.90. The fraction of sp³-hybridized carbons (Fsp3) is 0.500. The second-order valence-electron chi connectivity index (χ2n) is 1.60. The SMILES string of the molecule is C[C@](F)(C(=O)[O-])C(=O)O.[Na+]. The van der Waals surface area contributed by atoms with Crippen molar-refractivity contribution in [2.45, 2.75) is 12.6 Å². The fourth-order valence-corrected chi connectivity index (χ4v) is 0.0873. The first kappa shape index (κ1) is 12.5. The van der Waals surface area contributed by atoms with Gasteiger partial charge in [-0.15, -0.1) is 0 Å². The van der Waals surface area contributed by atoms with Gasteiger partial charge in [-0.3, -0.25) is 0 Å². The number of carboxylic acids is 2. The average Bonchev–Trinajstić information content (AvgIpc) is 1.65. The molecule has 6 heteroatoms. The molecule has 0 fully saturated rings. The topological polar surface area (TPSA) is 77.4 Å². The number of carbonyl (C=O) groups is 2. The Morgan fingerprint density at radius 3 is 1.90 bits per heavy atom. The van der Waals surface area contributed by atoms with E-state index in [0.717, 1.165) is 0 Å². The summed E-state index contributed by atoms with van der Waals surface area (Å²) in [4.78, 5) is 19.3. The van der Waals surface area contributed by atoms with Crippen LogP contribution in [0.25, 0.3) is 0 Å². The van der Waals surface area contributed by atoms with Gasteiger partial charge in [0.1, 0.15) is 0 Å². The number of carbonyl (C=O) groups excluding carboxylic acids is 1. The Bertz CT molecular complexity index is 139. The van der Waals surface area contributed by atoms with E-state index < -0.39 is 17.6 Å². The molecule has 10 heavy (non-hydrogen) atoms. The van der Waals surface area contributed by atoms with E-state index in [9.17, 15) is 19.1 Å². The predicted octanol–water partition coefficient (Wildman–Crippen LogP) is -4.45. The van der Waals surface area contributed by atoms with E-state index in [1.807, 2.05) is 0 Å². The van der Waals surface area contributed by atoms with E-state index in [1.54, 1.807) is 0 Å². The molecule has 0 aromatic rings. The molecule has 52 valence electrons. The van der Waals surface area contributed by atoms with Crippen molar-refractivity contribution < 1.29 is 53.7 Å². The quantitative estimate of drug-likeness (QED) is 0.325. The van der Waals surface area contributed by atoms with E-state index >= 15 is 0 Å². The molecule has 0 aromatic heterocycles. The first-order valence-electron chi connectivity index (χ1n) is 2.02. The van der Waals surface area contributed by atoms with Crippen molar-refractivity contribution in [1.82, 2.24) is 0 Å². The Hall–Kier alpha value is -0.130. The molecule has 0 amide bonds. The summed E-state index contributed by atoms with van der Waals surface area (Å²) in [7, 11) is 0. The minimum absolute atomic E-state index is 0. The molecule has 4 nitrogen and oxygen atoms in total. The molecule has 0 bridgehead atoms. The van der Waals surface area contributed by atoms with Crippen molar-refractivity contribution in [2.24, 2.45) is 0 Å². The molecule has 0 saturated heterocycles. The summed E-state index contributed by atoms with van der Waals surface area (Å²) in [5, 5.41) is 17.4. The summed E-state index contributed by atoms with van der Waals surface area (Å²) in [5.41, 5.74) is -3.28. The van der Waals surface area contributed by atoms with Crippen LogP contribution in [-0.4, -0.2) is 22.7 Å². The molecule has 0 aliphatic rings. The molecule has 1 N–H and O–H groups in total. The van der Waals surface area contributed by atoms with E-state index in [0.29, 0.717) is 6.92 Å². The first-order chi connectivity index (χ1) is 3.89. The van der Waals surface area contributed by atoms with Gasteiger partial charge in [-0.25, -0.2) is 9.18 Å². The van der Waals surface area contributed by atoms with Crippen molar-refractivity contribution >= 4 is 11.9 Å². The zero-order valence-electron chi connectivity index (χ0n) is 5.55. The van der Waals surface area contributed by atoms with Crippen LogP contribution in [0.4, 0.5) is 4.39 Å². The van der Waals surface area contributed by atoms with Crippen LogP contribution in [0.5, 0.6) is 0 Å². The van der Waals surface area contributed by atoms with Crippen molar-refractivity contribution in [2.75, 3.05) is 0 Å². The molecule has 0 radical (unpaired) electrons. The molecular formula is C4H4FNaO4. The van der Waals surface area contributed by atoms with Gasteiger partial charge >= 0.3 is 35.5 Å². The van der Waals surface area contributed by atoms with Crippen LogP contribution >= 0.6 is 0 Å². The van der Waals surface area contributed by atoms with Crippen LogP contribution in [0.15, 0.2) is 0 Å². The first-order valence-corrected chi connectivity index (χ1v) is 2.02. The van der Waals surface area contributed by atoms with Crippen LogP contribution < -0.4 is 34.7 Å². The smallest absolute Gasteiger partial charge is 0.546 e. The number of aliphatic carboxylic acids is 2. The van der Waals surface area contributed by atoms with Gasteiger partial charge in [0.25, 0.3) is 0 Å². The third kappa shape index (κ3) is 2.64. The Labute approximate surface area is 78.3 Å². The molecular weight excluding hydrogens is 154 g/mol. The van der Waals surface area contributed by atoms with Gasteiger partial charge in [-0.1, -0.05) is 0 Å². The van der Waals surface area contributed by atoms with E-state index in [-0.39, 0.29) is 29.6 Å². The summed E-state index contributed by atoms with van der Waals surface area (Å²) in [6.07, 6.45) is 0. The van der Waals surface area contributed by atoms with Crippen molar-refractivity contribution in [1.29, 1.82) is 0 Å². The van der Waals surface area contributed by atoms with Crippen LogP contribution in [0.2, 0.25) is 0 Å². The maximum atomic E-state index is 12.1. The maximum absolute atomic E-state index is 12.1. The normalized spacial score (nSPS) is 14.6. The molecule has 0 heterocycles. The van der Waals surface area contributed by atoms with E-state index in [1.165, 1.54) is 0 Å². The summed E-state index contributed by atoms with van der Waals surface area (Å²) in [6, 6.07) is 0. The van der Waals surface area contributed by atoms with Crippen molar-refractivity contribution in [3.63, 3.8) is 0 Å². The summed E-state index contributed by atoms with van der Waals surface area (Å²) in [6.45, 7) is 0.407. The standard InChI is InChI=1S/C4H5FO4.Na/c1-4(5,2(6)7)3(8)9;/h1H3,(H,6,7)(H,8,9);/q;+1/p-1. The van der Waals surface area contributed by atoms with Gasteiger partial charge in [0.15, 0.2) is 0 Å². The Kier molecular flexibility index (Phi) is 4.89. The number of alkyl halides is 1. The van der Waals surface area contributed by atoms with Crippen molar-refractivity contribution in [3.05, 3.63) is 0 Å². The predicted molar refractivity (Wildman–Crippen MR) is 22.2 cm³/mol. The van der Waals surface area contributed by atoms with Gasteiger partial charge < -0.3 is 15.0 Å². The number of halogens is 1. The minimum atomic E-state index is -3.28. The van der Waals surface area contributed by atoms with Crippen LogP contribution in [-0.2, 0) is 9.59 Å². The fourth-order valence-electron chi connectivity index (χ4n) is 0.0873. The van der Waals surface area contributed by atoms with Gasteiger partial charge in [-0.05, 0) is 6.92 Å². The minimum Gasteiger partial charge on any atom is -0.546 e. The van der Waals surface area contributed by atoms with Gasteiger partial charge in [0, 0.05) is 0 Å². The number of rotatable bonds is 2. The zero-order chi connectivity index (χ0) is 7.65. The summed E-state index contributed by atoms with van der Waals surface area (Å²) in [5.74, 6) is -4.29. The van der Waals surface area contributed by atoms with Crippen LogP contribution in [0.3, 0.4) is 0 Å². The van der Waals surface area contributed by atoms with Gasteiger partial charge in [-0.2, -0.15) is 0 Å². The largest absolute Gasteiger partial charge is 1.00 e. The molecule has 0 aliphatic carbocycles. The number of carboxylic acid groups (broad SMARTS) is 2.